The molecule has 0 aliphatic rings. The molecular formula is C20H21N3O. The minimum absolute atomic E-state index is 0.112. The van der Waals surface area contributed by atoms with Crippen LogP contribution in [0.25, 0.3) is 0 Å². The lowest BCUT2D eigenvalue weighted by Crippen LogP contribution is -2.18. The molecule has 0 aliphatic carbocycles. The summed E-state index contributed by atoms with van der Waals surface area (Å²) < 4.78 is 1.89. The van der Waals surface area contributed by atoms with Crippen LogP contribution >= 0.6 is 0 Å². The molecule has 3 rings (SSSR count). The largest absolute Gasteiger partial charge is 0.344 e. The molecule has 122 valence electrons. The molecule has 4 heteroatoms. The fraction of sp³-hybridized carbons (Fsp3) is 0.150. The van der Waals surface area contributed by atoms with Crippen molar-refractivity contribution in [1.29, 1.82) is 0 Å². The summed E-state index contributed by atoms with van der Waals surface area (Å²) in [6.45, 7) is 1.98. The molecule has 24 heavy (non-hydrogen) atoms. The highest BCUT2D eigenvalue weighted by Crippen LogP contribution is 2.30. The van der Waals surface area contributed by atoms with Gasteiger partial charge in [-0.25, -0.2) is 0 Å². The predicted molar refractivity (Wildman–Crippen MR) is 99.1 cm³/mol. The molecule has 1 amide bonds. The van der Waals surface area contributed by atoms with Gasteiger partial charge in [-0.05, 0) is 43.3 Å². The zero-order chi connectivity index (χ0) is 17.1. The predicted octanol–water partition coefficient (Wildman–Crippen LogP) is 4.35. The van der Waals surface area contributed by atoms with Crippen molar-refractivity contribution < 1.29 is 4.79 Å². The number of nitrogens with zero attached hydrogens (tertiary/aromatic N) is 2. The third kappa shape index (κ3) is 3.04. The van der Waals surface area contributed by atoms with Gasteiger partial charge in [-0.1, -0.05) is 30.3 Å². The van der Waals surface area contributed by atoms with E-state index in [-0.39, 0.29) is 5.91 Å². The number of hydrogen-bond acceptors (Lipinski definition) is 2. The first kappa shape index (κ1) is 15.9. The Kier molecular flexibility index (Phi) is 4.38. The van der Waals surface area contributed by atoms with Crippen LogP contribution in [0.4, 0.5) is 17.1 Å². The van der Waals surface area contributed by atoms with E-state index >= 15 is 0 Å². The lowest BCUT2D eigenvalue weighted by molar-refractivity contribution is 0.101. The van der Waals surface area contributed by atoms with Crippen LogP contribution in [-0.2, 0) is 7.05 Å². The Morgan fingerprint density at radius 1 is 0.958 bits per heavy atom. The molecule has 0 saturated heterocycles. The number of hydrogen-bond donors (Lipinski definition) is 1. The molecule has 1 N–H and O–H groups in total. The van der Waals surface area contributed by atoms with E-state index < -0.39 is 0 Å². The summed E-state index contributed by atoms with van der Waals surface area (Å²) in [4.78, 5) is 14.7. The van der Waals surface area contributed by atoms with Gasteiger partial charge in [0.15, 0.2) is 0 Å². The molecular weight excluding hydrogens is 298 g/mol. The van der Waals surface area contributed by atoms with E-state index in [2.05, 4.69) is 10.2 Å². The second-order valence-corrected chi connectivity index (χ2v) is 5.78. The monoisotopic (exact) mass is 319 g/mol. The van der Waals surface area contributed by atoms with Gasteiger partial charge >= 0.3 is 0 Å². The van der Waals surface area contributed by atoms with Crippen LogP contribution in [0, 0.1) is 6.92 Å². The van der Waals surface area contributed by atoms with E-state index in [1.807, 2.05) is 92.3 Å². The minimum atomic E-state index is -0.112. The lowest BCUT2D eigenvalue weighted by Gasteiger charge is -2.22. The SMILES string of the molecule is Cc1ccc(C(=O)Nc2ccccc2N(C)c2ccccc2)n1C. The van der Waals surface area contributed by atoms with Crippen LogP contribution < -0.4 is 10.2 Å². The smallest absolute Gasteiger partial charge is 0.272 e. The maximum Gasteiger partial charge on any atom is 0.272 e. The molecule has 0 saturated carbocycles. The number of rotatable bonds is 4. The Morgan fingerprint density at radius 3 is 2.29 bits per heavy atom. The van der Waals surface area contributed by atoms with Crippen LogP contribution in [-0.4, -0.2) is 17.5 Å². The van der Waals surface area contributed by atoms with Gasteiger partial charge in [-0.2, -0.15) is 0 Å². The molecule has 3 aromatic rings. The fourth-order valence-electron chi connectivity index (χ4n) is 2.69. The molecule has 0 unspecified atom stereocenters. The van der Waals surface area contributed by atoms with Crippen LogP contribution in [0.1, 0.15) is 16.2 Å². The highest BCUT2D eigenvalue weighted by Gasteiger charge is 2.15. The number of aryl methyl sites for hydroxylation is 1. The summed E-state index contributed by atoms with van der Waals surface area (Å²) >= 11 is 0. The Morgan fingerprint density at radius 2 is 1.62 bits per heavy atom. The van der Waals surface area contributed by atoms with Gasteiger partial charge in [0.25, 0.3) is 5.91 Å². The molecule has 0 atom stereocenters. The van der Waals surface area contributed by atoms with Crippen molar-refractivity contribution in [3.8, 4) is 0 Å². The molecule has 1 aromatic heterocycles. The molecule has 0 fully saturated rings. The van der Waals surface area contributed by atoms with Crippen molar-refractivity contribution in [3.63, 3.8) is 0 Å². The second-order valence-electron chi connectivity index (χ2n) is 5.78. The van der Waals surface area contributed by atoms with E-state index in [0.717, 1.165) is 22.8 Å². The minimum Gasteiger partial charge on any atom is -0.344 e. The van der Waals surface area contributed by atoms with Crippen molar-refractivity contribution in [2.24, 2.45) is 7.05 Å². The van der Waals surface area contributed by atoms with E-state index in [9.17, 15) is 4.79 Å². The average molecular weight is 319 g/mol. The normalized spacial score (nSPS) is 10.5. The van der Waals surface area contributed by atoms with Crippen molar-refractivity contribution in [2.45, 2.75) is 6.92 Å². The van der Waals surface area contributed by atoms with Gasteiger partial charge in [0.2, 0.25) is 0 Å². The van der Waals surface area contributed by atoms with E-state index in [0.29, 0.717) is 5.69 Å². The van der Waals surface area contributed by atoms with Crippen molar-refractivity contribution in [1.82, 2.24) is 4.57 Å². The standard InChI is InChI=1S/C20H21N3O/c1-15-13-14-19(22(15)2)20(24)21-17-11-7-8-12-18(17)23(3)16-9-5-4-6-10-16/h4-14H,1-3H3,(H,21,24). The third-order valence-electron chi connectivity index (χ3n) is 4.26. The van der Waals surface area contributed by atoms with Crippen LogP contribution in [0.3, 0.4) is 0 Å². The van der Waals surface area contributed by atoms with E-state index in [1.54, 1.807) is 0 Å². The molecule has 0 aliphatic heterocycles. The number of carbonyl (C=O) groups excluding carboxylic acids is 1. The molecule has 0 radical (unpaired) electrons. The number of nitrogens with one attached hydrogen (secondary N) is 1. The van der Waals surface area contributed by atoms with Gasteiger partial charge in [0, 0.05) is 25.5 Å². The van der Waals surface area contributed by atoms with Crippen molar-refractivity contribution in [2.75, 3.05) is 17.3 Å². The first-order valence-corrected chi connectivity index (χ1v) is 7.89. The van der Waals surface area contributed by atoms with Crippen molar-refractivity contribution >= 4 is 23.0 Å². The Balaban J connectivity index is 1.90. The van der Waals surface area contributed by atoms with Gasteiger partial charge in [0.1, 0.15) is 5.69 Å². The summed E-state index contributed by atoms with van der Waals surface area (Å²) in [7, 11) is 3.89. The summed E-state index contributed by atoms with van der Waals surface area (Å²) in [5, 5.41) is 3.03. The molecule has 1 heterocycles. The summed E-state index contributed by atoms with van der Waals surface area (Å²) in [5.41, 5.74) is 4.49. The summed E-state index contributed by atoms with van der Waals surface area (Å²) in [6, 6.07) is 21.7. The summed E-state index contributed by atoms with van der Waals surface area (Å²) in [5.74, 6) is -0.112. The van der Waals surface area contributed by atoms with Gasteiger partial charge in [-0.15, -0.1) is 0 Å². The first-order valence-electron chi connectivity index (χ1n) is 7.89. The molecule has 4 nitrogen and oxygen atoms in total. The Bertz CT molecular complexity index is 852. The Labute approximate surface area is 142 Å². The number of carbonyl (C=O) groups is 1. The van der Waals surface area contributed by atoms with Gasteiger partial charge in [-0.3, -0.25) is 4.79 Å². The molecule has 0 bridgehead atoms. The molecule has 2 aromatic carbocycles. The van der Waals surface area contributed by atoms with Crippen molar-refractivity contribution in [3.05, 3.63) is 78.1 Å². The maximum absolute atomic E-state index is 12.6. The molecule has 0 spiro atoms. The maximum atomic E-state index is 12.6. The van der Waals surface area contributed by atoms with E-state index in [4.69, 9.17) is 0 Å². The van der Waals surface area contributed by atoms with Gasteiger partial charge in [0.05, 0.1) is 11.4 Å². The number of aromatic nitrogens is 1. The number of amides is 1. The van der Waals surface area contributed by atoms with Gasteiger partial charge < -0.3 is 14.8 Å². The number of benzene rings is 2. The lowest BCUT2D eigenvalue weighted by atomic mass is 10.2. The zero-order valence-corrected chi connectivity index (χ0v) is 14.2. The summed E-state index contributed by atoms with van der Waals surface area (Å²) in [6.07, 6.45) is 0. The third-order valence-corrected chi connectivity index (χ3v) is 4.26. The number of para-hydroxylation sites is 3. The first-order chi connectivity index (χ1) is 11.6. The highest BCUT2D eigenvalue weighted by atomic mass is 16.1. The topological polar surface area (TPSA) is 37.3 Å². The second kappa shape index (κ2) is 6.62. The quantitative estimate of drug-likeness (QED) is 0.776. The van der Waals surface area contributed by atoms with E-state index in [1.165, 1.54) is 0 Å². The number of anilines is 3. The fourth-order valence-corrected chi connectivity index (χ4v) is 2.69. The van der Waals surface area contributed by atoms with Crippen LogP contribution in [0.2, 0.25) is 0 Å². The van der Waals surface area contributed by atoms with Crippen LogP contribution in [0.15, 0.2) is 66.7 Å². The van der Waals surface area contributed by atoms with Crippen LogP contribution in [0.5, 0.6) is 0 Å². The zero-order valence-electron chi connectivity index (χ0n) is 14.2. The highest BCUT2D eigenvalue weighted by molar-refractivity contribution is 6.05. The average Bonchev–Trinajstić information content (AvgIpc) is 2.95. The Hall–Kier alpha value is -3.01.